The van der Waals surface area contributed by atoms with Crippen molar-refractivity contribution in [3.63, 3.8) is 0 Å². The van der Waals surface area contributed by atoms with E-state index in [0.29, 0.717) is 0 Å². The van der Waals surface area contributed by atoms with Gasteiger partial charge in [0.25, 0.3) is 0 Å². The average Bonchev–Trinajstić information content (AvgIpc) is 2.17. The molecule has 0 saturated heterocycles. The summed E-state index contributed by atoms with van der Waals surface area (Å²) in [5.41, 5.74) is 0.998. The Morgan fingerprint density at radius 2 is 1.69 bits per heavy atom. The van der Waals surface area contributed by atoms with Crippen molar-refractivity contribution in [3.8, 4) is 0 Å². The van der Waals surface area contributed by atoms with Crippen LogP contribution in [0.25, 0.3) is 10.8 Å². The van der Waals surface area contributed by atoms with E-state index in [-0.39, 0.29) is 0 Å². The van der Waals surface area contributed by atoms with E-state index in [0.717, 1.165) is 10.9 Å². The standard InChI is InChI=1S/C12H12O/c1-9(13)11-8-4-6-10-5-2-3-7-12(10)11/h2-9,13H,1H3/t9-/m1/s1. The molecule has 0 saturated carbocycles. The van der Waals surface area contributed by atoms with Gasteiger partial charge in [-0.05, 0) is 23.3 Å². The van der Waals surface area contributed by atoms with Gasteiger partial charge in [0, 0.05) is 0 Å². The van der Waals surface area contributed by atoms with Crippen LogP contribution in [0.3, 0.4) is 0 Å². The van der Waals surface area contributed by atoms with E-state index in [9.17, 15) is 5.11 Å². The quantitative estimate of drug-likeness (QED) is 0.701. The second-order valence-corrected chi connectivity index (χ2v) is 3.24. The first-order chi connectivity index (χ1) is 6.29. The van der Waals surface area contributed by atoms with Gasteiger partial charge in [0.1, 0.15) is 0 Å². The Morgan fingerprint density at radius 3 is 2.46 bits per heavy atom. The van der Waals surface area contributed by atoms with Crippen LogP contribution in [0.15, 0.2) is 42.5 Å². The molecule has 0 fully saturated rings. The Hall–Kier alpha value is -1.34. The van der Waals surface area contributed by atoms with Gasteiger partial charge in [-0.2, -0.15) is 0 Å². The Morgan fingerprint density at radius 1 is 1.00 bits per heavy atom. The molecular weight excluding hydrogens is 160 g/mol. The minimum absolute atomic E-state index is 0.397. The molecule has 0 unspecified atom stereocenters. The van der Waals surface area contributed by atoms with Gasteiger partial charge in [0.2, 0.25) is 0 Å². The number of hydrogen-bond acceptors (Lipinski definition) is 1. The lowest BCUT2D eigenvalue weighted by molar-refractivity contribution is 0.201. The van der Waals surface area contributed by atoms with Gasteiger partial charge < -0.3 is 5.11 Å². The van der Waals surface area contributed by atoms with Crippen molar-refractivity contribution in [2.45, 2.75) is 13.0 Å². The molecule has 0 aliphatic rings. The van der Waals surface area contributed by atoms with E-state index in [1.54, 1.807) is 6.92 Å². The van der Waals surface area contributed by atoms with E-state index in [4.69, 9.17) is 0 Å². The van der Waals surface area contributed by atoms with Crippen LogP contribution in [-0.4, -0.2) is 5.11 Å². The number of fused-ring (bicyclic) bond motifs is 1. The Balaban J connectivity index is 2.76. The van der Waals surface area contributed by atoms with Crippen molar-refractivity contribution in [1.82, 2.24) is 0 Å². The maximum Gasteiger partial charge on any atom is 0.0767 e. The van der Waals surface area contributed by atoms with Crippen LogP contribution < -0.4 is 0 Å². The van der Waals surface area contributed by atoms with Gasteiger partial charge in [0.05, 0.1) is 6.10 Å². The maximum absolute atomic E-state index is 9.52. The molecule has 0 heterocycles. The Kier molecular flexibility index (Phi) is 2.03. The molecule has 1 heteroatoms. The zero-order valence-corrected chi connectivity index (χ0v) is 7.57. The van der Waals surface area contributed by atoms with Crippen LogP contribution in [0.1, 0.15) is 18.6 Å². The minimum atomic E-state index is -0.397. The largest absolute Gasteiger partial charge is 0.389 e. The third kappa shape index (κ3) is 1.43. The number of aliphatic hydroxyl groups excluding tert-OH is 1. The predicted molar refractivity (Wildman–Crippen MR) is 54.6 cm³/mol. The summed E-state index contributed by atoms with van der Waals surface area (Å²) in [5, 5.41) is 11.8. The molecule has 0 radical (unpaired) electrons. The van der Waals surface area contributed by atoms with E-state index < -0.39 is 6.10 Å². The van der Waals surface area contributed by atoms with Crippen LogP contribution in [0, 0.1) is 0 Å². The fourth-order valence-corrected chi connectivity index (χ4v) is 1.61. The zero-order chi connectivity index (χ0) is 9.26. The van der Waals surface area contributed by atoms with Crippen LogP contribution >= 0.6 is 0 Å². The summed E-state index contributed by atoms with van der Waals surface area (Å²) in [4.78, 5) is 0. The van der Waals surface area contributed by atoms with Gasteiger partial charge in [0.15, 0.2) is 0 Å². The van der Waals surface area contributed by atoms with Crippen molar-refractivity contribution in [3.05, 3.63) is 48.0 Å². The summed E-state index contributed by atoms with van der Waals surface area (Å²) in [6, 6.07) is 14.1. The van der Waals surface area contributed by atoms with Crippen molar-refractivity contribution in [1.29, 1.82) is 0 Å². The lowest BCUT2D eigenvalue weighted by Gasteiger charge is -2.08. The number of hydrogen-bond donors (Lipinski definition) is 1. The third-order valence-electron chi connectivity index (χ3n) is 2.27. The maximum atomic E-state index is 9.52. The molecule has 0 aromatic heterocycles. The van der Waals surface area contributed by atoms with Crippen molar-refractivity contribution >= 4 is 10.8 Å². The van der Waals surface area contributed by atoms with E-state index in [1.807, 2.05) is 30.3 Å². The molecule has 2 aromatic rings. The van der Waals surface area contributed by atoms with Gasteiger partial charge in [-0.15, -0.1) is 0 Å². The van der Waals surface area contributed by atoms with Gasteiger partial charge >= 0.3 is 0 Å². The molecule has 0 amide bonds. The molecule has 0 bridgehead atoms. The molecule has 0 aliphatic heterocycles. The lowest BCUT2D eigenvalue weighted by atomic mass is 10.0. The highest BCUT2D eigenvalue weighted by molar-refractivity contribution is 5.85. The highest BCUT2D eigenvalue weighted by atomic mass is 16.3. The average molecular weight is 172 g/mol. The van der Waals surface area contributed by atoms with Crippen LogP contribution in [0.4, 0.5) is 0 Å². The summed E-state index contributed by atoms with van der Waals surface area (Å²) in [5.74, 6) is 0. The minimum Gasteiger partial charge on any atom is -0.389 e. The topological polar surface area (TPSA) is 20.2 Å². The first-order valence-corrected chi connectivity index (χ1v) is 4.45. The molecule has 66 valence electrons. The number of benzene rings is 2. The normalized spacial score (nSPS) is 13.1. The van der Waals surface area contributed by atoms with Gasteiger partial charge in [-0.1, -0.05) is 42.5 Å². The fourth-order valence-electron chi connectivity index (χ4n) is 1.61. The molecular formula is C12H12O. The molecule has 13 heavy (non-hydrogen) atoms. The Labute approximate surface area is 77.6 Å². The van der Waals surface area contributed by atoms with Crippen LogP contribution in [0.2, 0.25) is 0 Å². The summed E-state index contributed by atoms with van der Waals surface area (Å²) in [7, 11) is 0. The van der Waals surface area contributed by atoms with Crippen molar-refractivity contribution < 1.29 is 5.11 Å². The van der Waals surface area contributed by atoms with E-state index in [1.165, 1.54) is 5.39 Å². The van der Waals surface area contributed by atoms with Crippen molar-refractivity contribution in [2.75, 3.05) is 0 Å². The molecule has 1 nitrogen and oxygen atoms in total. The van der Waals surface area contributed by atoms with Gasteiger partial charge in [-0.3, -0.25) is 0 Å². The molecule has 0 spiro atoms. The fraction of sp³-hybridized carbons (Fsp3) is 0.167. The molecule has 2 rings (SSSR count). The number of aliphatic hydroxyl groups is 1. The monoisotopic (exact) mass is 172 g/mol. The number of rotatable bonds is 1. The zero-order valence-electron chi connectivity index (χ0n) is 7.57. The van der Waals surface area contributed by atoms with Gasteiger partial charge in [-0.25, -0.2) is 0 Å². The lowest BCUT2D eigenvalue weighted by Crippen LogP contribution is -1.91. The molecule has 1 N–H and O–H groups in total. The second kappa shape index (κ2) is 3.19. The highest BCUT2D eigenvalue weighted by Gasteiger charge is 2.04. The molecule has 2 aromatic carbocycles. The molecule has 1 atom stereocenters. The predicted octanol–water partition coefficient (Wildman–Crippen LogP) is 2.89. The third-order valence-corrected chi connectivity index (χ3v) is 2.27. The smallest absolute Gasteiger partial charge is 0.0767 e. The van der Waals surface area contributed by atoms with E-state index in [2.05, 4.69) is 12.1 Å². The summed E-state index contributed by atoms with van der Waals surface area (Å²) in [6.45, 7) is 1.79. The highest BCUT2D eigenvalue weighted by Crippen LogP contribution is 2.23. The van der Waals surface area contributed by atoms with E-state index >= 15 is 0 Å². The summed E-state index contributed by atoms with van der Waals surface area (Å²) in [6.07, 6.45) is -0.397. The summed E-state index contributed by atoms with van der Waals surface area (Å²) >= 11 is 0. The van der Waals surface area contributed by atoms with Crippen LogP contribution in [-0.2, 0) is 0 Å². The Bertz CT molecular complexity index is 413. The SMILES string of the molecule is C[C@@H](O)c1cccc2ccccc12. The summed E-state index contributed by atoms with van der Waals surface area (Å²) < 4.78 is 0. The van der Waals surface area contributed by atoms with Crippen LogP contribution in [0.5, 0.6) is 0 Å². The van der Waals surface area contributed by atoms with Crippen molar-refractivity contribution in [2.24, 2.45) is 0 Å². The second-order valence-electron chi connectivity index (χ2n) is 3.24. The first-order valence-electron chi connectivity index (χ1n) is 4.45. The molecule has 0 aliphatic carbocycles. The first kappa shape index (κ1) is 8.27.